The van der Waals surface area contributed by atoms with Crippen LogP contribution in [0.15, 0.2) is 0 Å². The van der Waals surface area contributed by atoms with E-state index in [1.165, 1.54) is 0 Å². The highest BCUT2D eigenvalue weighted by atomic mass is 32.2. The van der Waals surface area contributed by atoms with E-state index in [0.29, 0.717) is 5.92 Å². The summed E-state index contributed by atoms with van der Waals surface area (Å²) in [4.78, 5) is 0. The second-order valence-electron chi connectivity index (χ2n) is 3.90. The fourth-order valence-corrected chi connectivity index (χ4v) is 2.21. The summed E-state index contributed by atoms with van der Waals surface area (Å²) >= 11 is 5.26. The van der Waals surface area contributed by atoms with Gasteiger partial charge in [0.15, 0.2) is 0 Å². The molecule has 2 nitrogen and oxygen atoms in total. The highest BCUT2D eigenvalue weighted by molar-refractivity contribution is 8.17. The van der Waals surface area contributed by atoms with Gasteiger partial charge >= 0.3 is 0 Å². The van der Waals surface area contributed by atoms with Crippen molar-refractivity contribution in [2.75, 3.05) is 6.61 Å². The van der Waals surface area contributed by atoms with E-state index in [1.54, 1.807) is 0 Å². The summed E-state index contributed by atoms with van der Waals surface area (Å²) in [5, 5.41) is 0. The molecule has 0 aromatic rings. The van der Waals surface area contributed by atoms with Crippen molar-refractivity contribution in [2.24, 2.45) is 5.92 Å². The number of hydrogen-bond donors (Lipinski definition) is 2. The number of rotatable bonds is 5. The van der Waals surface area contributed by atoms with Gasteiger partial charge in [0, 0.05) is 0 Å². The van der Waals surface area contributed by atoms with Gasteiger partial charge < -0.3 is 9.47 Å². The summed E-state index contributed by atoms with van der Waals surface area (Å²) in [5.41, 5.74) is 0.156. The van der Waals surface area contributed by atoms with Crippen molar-refractivity contribution >= 4 is 28.4 Å². The molecule has 4 heteroatoms. The minimum absolute atomic E-state index is 0.156. The van der Waals surface area contributed by atoms with Crippen LogP contribution in [-0.4, -0.2) is 22.5 Å². The Hall–Kier alpha value is 0.490. The van der Waals surface area contributed by atoms with Crippen LogP contribution in [0.2, 0.25) is 0 Å². The van der Waals surface area contributed by atoms with Gasteiger partial charge in [0.05, 0.1) is 18.1 Å². The van der Waals surface area contributed by atoms with Gasteiger partial charge in [-0.05, 0) is 26.7 Å². The third-order valence-corrected chi connectivity index (χ3v) is 2.59. The summed E-state index contributed by atoms with van der Waals surface area (Å²) in [6.45, 7) is 11.1. The Kier molecular flexibility index (Phi) is 8.01. The molecule has 0 bridgehead atoms. The lowest BCUT2D eigenvalue weighted by molar-refractivity contribution is 0.101. The molecule has 0 aliphatic heterocycles. The summed E-state index contributed by atoms with van der Waals surface area (Å²) in [6.07, 6.45) is 0.187. The lowest BCUT2D eigenvalue weighted by atomic mass is 10.2. The molecule has 0 spiro atoms. The van der Waals surface area contributed by atoms with Crippen molar-refractivity contribution in [1.82, 2.24) is 0 Å². The zero-order chi connectivity index (χ0) is 11.1. The third-order valence-electron chi connectivity index (χ3n) is 1.30. The Labute approximate surface area is 96.7 Å². The van der Waals surface area contributed by atoms with Gasteiger partial charge in [0.1, 0.15) is 4.38 Å². The molecule has 0 aromatic carbocycles. The molecule has 0 amide bonds. The Bertz CT molecular complexity index is 179. The van der Waals surface area contributed by atoms with Gasteiger partial charge in [-0.25, -0.2) is 0 Å². The molecule has 1 unspecified atom stereocenters. The first-order valence-corrected chi connectivity index (χ1v) is 6.38. The molecule has 0 radical (unpaired) electrons. The van der Waals surface area contributed by atoms with Crippen LogP contribution in [0.5, 0.6) is 0 Å². The molecular formula is C10H22O2S2. The Balaban J connectivity index is 3.83. The fourth-order valence-electron chi connectivity index (χ4n) is 0.766. The smallest absolute Gasteiger partial charge is 0.130 e. The number of thiol groups is 2. The van der Waals surface area contributed by atoms with Crippen LogP contribution >= 0.6 is 24.0 Å². The van der Waals surface area contributed by atoms with Crippen LogP contribution in [0.1, 0.15) is 34.6 Å². The zero-order valence-corrected chi connectivity index (χ0v) is 11.4. The molecule has 1 atom stereocenters. The topological polar surface area (TPSA) is 18.5 Å². The molecule has 14 heavy (non-hydrogen) atoms. The molecule has 0 saturated carbocycles. The Morgan fingerprint density at radius 3 is 2.21 bits per heavy atom. The van der Waals surface area contributed by atoms with Crippen molar-refractivity contribution in [2.45, 2.75) is 46.2 Å². The van der Waals surface area contributed by atoms with Crippen molar-refractivity contribution in [3.05, 3.63) is 0 Å². The molecule has 86 valence electrons. The number of ether oxygens (including phenoxy) is 2. The lowest BCUT2D eigenvalue weighted by Crippen LogP contribution is -2.11. The molecule has 0 rings (SSSR count). The third kappa shape index (κ3) is 9.06. The van der Waals surface area contributed by atoms with E-state index >= 15 is 0 Å². The first-order chi connectivity index (χ1) is 6.41. The van der Waals surface area contributed by atoms with E-state index < -0.39 is 0 Å². The molecule has 0 N–H and O–H groups in total. The second kappa shape index (κ2) is 7.74. The van der Waals surface area contributed by atoms with Crippen LogP contribution < -0.4 is 0 Å². The van der Waals surface area contributed by atoms with E-state index in [0.717, 1.165) is 22.3 Å². The fraction of sp³-hybridized carbons (Fsp3) is 0.900. The maximum atomic E-state index is 5.59. The molecule has 0 aliphatic rings. The van der Waals surface area contributed by atoms with Gasteiger partial charge in [-0.3, -0.25) is 0 Å². The zero-order valence-electron chi connectivity index (χ0n) is 9.65. The standard InChI is InChI=1S/C10H22O2S2/c1-7(2)6-11-9(5)14-10(13)12-8(3)4/h7-9,13-14H,6H2,1-5H3. The van der Waals surface area contributed by atoms with Crippen LogP contribution in [-0.2, 0) is 9.47 Å². The van der Waals surface area contributed by atoms with Crippen molar-refractivity contribution < 1.29 is 9.47 Å². The highest BCUT2D eigenvalue weighted by Crippen LogP contribution is 2.10. The first-order valence-electron chi connectivity index (χ1n) is 4.96. The molecule has 0 aliphatic carbocycles. The average Bonchev–Trinajstić information content (AvgIpc) is 1.98. The van der Waals surface area contributed by atoms with Gasteiger partial charge in [-0.2, -0.15) is 0 Å². The lowest BCUT2D eigenvalue weighted by Gasteiger charge is -2.13. The number of hydrogen-bond acceptors (Lipinski definition) is 2. The predicted molar refractivity (Wildman–Crippen MR) is 69.5 cm³/mol. The SMILES string of the molecule is CC(C)COC(C)[SH]=C(S)OC(C)C. The van der Waals surface area contributed by atoms with E-state index in [4.69, 9.17) is 9.47 Å². The van der Waals surface area contributed by atoms with Crippen LogP contribution in [0.4, 0.5) is 0 Å². The molecule has 0 fully saturated rings. The van der Waals surface area contributed by atoms with E-state index in [2.05, 4.69) is 26.5 Å². The molecule has 0 aromatic heterocycles. The maximum absolute atomic E-state index is 5.59. The molecule has 0 saturated heterocycles. The van der Waals surface area contributed by atoms with Gasteiger partial charge in [-0.1, -0.05) is 13.8 Å². The predicted octanol–water partition coefficient (Wildman–Crippen LogP) is 2.91. The summed E-state index contributed by atoms with van der Waals surface area (Å²) in [5.74, 6) is 0.571. The monoisotopic (exact) mass is 238 g/mol. The van der Waals surface area contributed by atoms with E-state index in [1.807, 2.05) is 20.8 Å². The maximum Gasteiger partial charge on any atom is 0.130 e. The summed E-state index contributed by atoms with van der Waals surface area (Å²) < 4.78 is 11.7. The summed E-state index contributed by atoms with van der Waals surface area (Å²) in [7, 11) is 0. The van der Waals surface area contributed by atoms with Crippen molar-refractivity contribution in [1.29, 1.82) is 0 Å². The Morgan fingerprint density at radius 1 is 1.21 bits per heavy atom. The van der Waals surface area contributed by atoms with Crippen LogP contribution in [0, 0.1) is 5.92 Å². The van der Waals surface area contributed by atoms with Gasteiger partial charge in [-0.15, -0.1) is 24.0 Å². The largest absolute Gasteiger partial charge is 0.368 e. The van der Waals surface area contributed by atoms with Crippen molar-refractivity contribution in [3.8, 4) is 0 Å². The summed E-state index contributed by atoms with van der Waals surface area (Å²) in [6, 6.07) is 0. The second-order valence-corrected chi connectivity index (χ2v) is 6.06. The minimum atomic E-state index is 0.156. The Morgan fingerprint density at radius 2 is 1.79 bits per heavy atom. The average molecular weight is 238 g/mol. The molecule has 0 heterocycles. The first kappa shape index (κ1) is 14.5. The van der Waals surface area contributed by atoms with E-state index in [9.17, 15) is 0 Å². The highest BCUT2D eigenvalue weighted by Gasteiger charge is 2.02. The van der Waals surface area contributed by atoms with Crippen molar-refractivity contribution in [3.63, 3.8) is 0 Å². The minimum Gasteiger partial charge on any atom is -0.368 e. The quantitative estimate of drug-likeness (QED) is 0.567. The van der Waals surface area contributed by atoms with Crippen LogP contribution in [0.3, 0.4) is 0 Å². The van der Waals surface area contributed by atoms with Gasteiger partial charge in [0.2, 0.25) is 0 Å². The van der Waals surface area contributed by atoms with E-state index in [-0.39, 0.29) is 11.5 Å². The van der Waals surface area contributed by atoms with Gasteiger partial charge in [0.25, 0.3) is 0 Å². The van der Waals surface area contributed by atoms with Crippen LogP contribution in [0.25, 0.3) is 0 Å². The normalized spacial score (nSPS) is 15.9. The molecular weight excluding hydrogens is 216 g/mol.